The van der Waals surface area contributed by atoms with Crippen molar-refractivity contribution in [1.29, 1.82) is 0 Å². The lowest BCUT2D eigenvalue weighted by Crippen LogP contribution is -2.33. The normalized spacial score (nSPS) is 37.3. The predicted octanol–water partition coefficient (Wildman–Crippen LogP) is 3.13. The molecular formula is C19H26O4. The van der Waals surface area contributed by atoms with Crippen molar-refractivity contribution in [1.82, 2.24) is 0 Å². The first-order chi connectivity index (χ1) is 11.0. The molecule has 0 aromatic carbocycles. The van der Waals surface area contributed by atoms with Crippen molar-refractivity contribution in [2.75, 3.05) is 13.2 Å². The molecule has 23 heavy (non-hydrogen) atoms. The first kappa shape index (κ1) is 16.3. The maximum Gasteiger partial charge on any atom is 0.333 e. The number of ether oxygens (including phenoxy) is 2. The number of fused-ring (bicyclic) bond motifs is 5. The van der Waals surface area contributed by atoms with E-state index < -0.39 is 0 Å². The third-order valence-corrected chi connectivity index (χ3v) is 6.18. The van der Waals surface area contributed by atoms with Crippen molar-refractivity contribution in [3.8, 4) is 0 Å². The maximum absolute atomic E-state index is 11.6. The van der Waals surface area contributed by atoms with Gasteiger partial charge in [0.05, 0.1) is 13.2 Å². The standard InChI is InChI=1S/C19H26O4/c1-4-17(20)22-10-14-7-13-8-16(14)18-12(5-6-15(13)18)9-23-19(21)11(2)3/h4,12-16,18H,1-2,5-10H2,3H3. The summed E-state index contributed by atoms with van der Waals surface area (Å²) in [6.07, 6.45) is 6.04. The predicted molar refractivity (Wildman–Crippen MR) is 86.3 cm³/mol. The van der Waals surface area contributed by atoms with Gasteiger partial charge in [0.1, 0.15) is 0 Å². The molecule has 0 aromatic rings. The number of esters is 2. The van der Waals surface area contributed by atoms with Crippen molar-refractivity contribution in [2.45, 2.75) is 32.6 Å². The second-order valence-electron chi connectivity index (χ2n) is 7.45. The first-order valence-electron chi connectivity index (χ1n) is 8.63. The van der Waals surface area contributed by atoms with E-state index in [9.17, 15) is 9.59 Å². The Morgan fingerprint density at radius 1 is 1.09 bits per heavy atom. The number of rotatable bonds is 6. The molecule has 0 aliphatic heterocycles. The average Bonchev–Trinajstić information content (AvgIpc) is 3.21. The van der Waals surface area contributed by atoms with E-state index in [1.807, 2.05) is 0 Å². The smallest absolute Gasteiger partial charge is 0.333 e. The van der Waals surface area contributed by atoms with Crippen LogP contribution in [0.15, 0.2) is 24.8 Å². The van der Waals surface area contributed by atoms with Crippen molar-refractivity contribution in [3.63, 3.8) is 0 Å². The number of hydrogen-bond acceptors (Lipinski definition) is 4. The van der Waals surface area contributed by atoms with Gasteiger partial charge >= 0.3 is 11.9 Å². The third-order valence-electron chi connectivity index (χ3n) is 6.18. The molecule has 0 amide bonds. The molecule has 4 nitrogen and oxygen atoms in total. The molecule has 6 atom stereocenters. The lowest BCUT2D eigenvalue weighted by Gasteiger charge is -2.34. The molecule has 0 saturated heterocycles. The van der Waals surface area contributed by atoms with Crippen LogP contribution in [-0.2, 0) is 19.1 Å². The third kappa shape index (κ3) is 3.08. The number of carbonyl (C=O) groups excluding carboxylic acids is 2. The van der Waals surface area contributed by atoms with Crippen LogP contribution < -0.4 is 0 Å². The number of hydrogen-bond donors (Lipinski definition) is 0. The highest BCUT2D eigenvalue weighted by atomic mass is 16.5. The van der Waals surface area contributed by atoms with E-state index in [2.05, 4.69) is 13.2 Å². The SMILES string of the molecule is C=CC(=O)OCC1CC2CC1C1C(COC(=O)C(=C)C)CCC21. The van der Waals surface area contributed by atoms with Crippen molar-refractivity contribution < 1.29 is 19.1 Å². The van der Waals surface area contributed by atoms with Crippen LogP contribution in [0.1, 0.15) is 32.6 Å². The van der Waals surface area contributed by atoms with Crippen LogP contribution in [0.2, 0.25) is 0 Å². The highest BCUT2D eigenvalue weighted by Gasteiger charge is 2.57. The van der Waals surface area contributed by atoms with Gasteiger partial charge in [-0.2, -0.15) is 0 Å². The van der Waals surface area contributed by atoms with Gasteiger partial charge in [0.25, 0.3) is 0 Å². The summed E-state index contributed by atoms with van der Waals surface area (Å²) >= 11 is 0. The minimum atomic E-state index is -0.331. The van der Waals surface area contributed by atoms with Crippen LogP contribution in [0.25, 0.3) is 0 Å². The van der Waals surface area contributed by atoms with Gasteiger partial charge in [-0.05, 0) is 68.1 Å². The van der Waals surface area contributed by atoms with E-state index in [0.717, 1.165) is 18.3 Å². The van der Waals surface area contributed by atoms with E-state index in [1.165, 1.54) is 25.3 Å². The van der Waals surface area contributed by atoms with Gasteiger partial charge in [0.2, 0.25) is 0 Å². The highest BCUT2D eigenvalue weighted by Crippen LogP contribution is 2.62. The van der Waals surface area contributed by atoms with Gasteiger partial charge in [-0.3, -0.25) is 0 Å². The Hall–Kier alpha value is -1.58. The van der Waals surface area contributed by atoms with Crippen LogP contribution in [0.3, 0.4) is 0 Å². The Bertz CT molecular complexity index is 523. The molecule has 6 unspecified atom stereocenters. The van der Waals surface area contributed by atoms with Gasteiger partial charge < -0.3 is 9.47 Å². The molecule has 126 valence electrons. The van der Waals surface area contributed by atoms with Crippen LogP contribution in [0.4, 0.5) is 0 Å². The van der Waals surface area contributed by atoms with E-state index in [0.29, 0.717) is 42.5 Å². The van der Waals surface area contributed by atoms with E-state index in [-0.39, 0.29) is 11.9 Å². The fourth-order valence-corrected chi connectivity index (χ4v) is 5.32. The van der Waals surface area contributed by atoms with Gasteiger partial charge in [0, 0.05) is 11.6 Å². The topological polar surface area (TPSA) is 52.6 Å². The lowest BCUT2D eigenvalue weighted by molar-refractivity contribution is -0.142. The van der Waals surface area contributed by atoms with Gasteiger partial charge in [-0.25, -0.2) is 9.59 Å². The zero-order valence-corrected chi connectivity index (χ0v) is 13.8. The molecule has 3 fully saturated rings. The summed E-state index contributed by atoms with van der Waals surface area (Å²) in [7, 11) is 0. The summed E-state index contributed by atoms with van der Waals surface area (Å²) in [5.74, 6) is 3.08. The zero-order valence-electron chi connectivity index (χ0n) is 13.8. The molecule has 0 aromatic heterocycles. The van der Waals surface area contributed by atoms with Crippen LogP contribution >= 0.6 is 0 Å². The summed E-state index contributed by atoms with van der Waals surface area (Å²) < 4.78 is 10.7. The molecule has 4 heteroatoms. The van der Waals surface area contributed by atoms with Crippen molar-refractivity contribution in [2.24, 2.45) is 35.5 Å². The summed E-state index contributed by atoms with van der Waals surface area (Å²) in [4.78, 5) is 22.9. The van der Waals surface area contributed by atoms with E-state index in [4.69, 9.17) is 9.47 Å². The molecule has 2 bridgehead atoms. The molecule has 3 aliphatic rings. The Balaban J connectivity index is 1.58. The quantitative estimate of drug-likeness (QED) is 0.558. The Labute approximate surface area is 137 Å². The van der Waals surface area contributed by atoms with Gasteiger partial charge in [-0.15, -0.1) is 0 Å². The fraction of sp³-hybridized carbons (Fsp3) is 0.684. The second kappa shape index (κ2) is 6.50. The van der Waals surface area contributed by atoms with Gasteiger partial charge in [-0.1, -0.05) is 13.2 Å². The maximum atomic E-state index is 11.6. The molecule has 3 aliphatic carbocycles. The monoisotopic (exact) mass is 318 g/mol. The van der Waals surface area contributed by atoms with E-state index in [1.54, 1.807) is 6.92 Å². The lowest BCUT2D eigenvalue weighted by atomic mass is 9.73. The highest BCUT2D eigenvalue weighted by molar-refractivity contribution is 5.86. The van der Waals surface area contributed by atoms with Crippen molar-refractivity contribution >= 4 is 11.9 Å². The van der Waals surface area contributed by atoms with E-state index >= 15 is 0 Å². The first-order valence-corrected chi connectivity index (χ1v) is 8.63. The molecule has 3 rings (SSSR count). The van der Waals surface area contributed by atoms with Gasteiger partial charge in [0.15, 0.2) is 0 Å². The van der Waals surface area contributed by atoms with Crippen LogP contribution in [0.5, 0.6) is 0 Å². The Morgan fingerprint density at radius 2 is 1.83 bits per heavy atom. The molecule has 0 radical (unpaired) electrons. The summed E-state index contributed by atoms with van der Waals surface area (Å²) in [5.41, 5.74) is 0.460. The second-order valence-corrected chi connectivity index (χ2v) is 7.45. The minimum Gasteiger partial charge on any atom is -0.462 e. The number of carbonyl (C=O) groups is 2. The summed E-state index contributed by atoms with van der Waals surface area (Å²) in [6, 6.07) is 0. The molecule has 0 spiro atoms. The average molecular weight is 318 g/mol. The minimum absolute atomic E-state index is 0.284. The Morgan fingerprint density at radius 3 is 2.52 bits per heavy atom. The zero-order chi connectivity index (χ0) is 16.6. The van der Waals surface area contributed by atoms with Crippen molar-refractivity contribution in [3.05, 3.63) is 24.8 Å². The molecule has 0 N–H and O–H groups in total. The summed E-state index contributed by atoms with van der Waals surface area (Å²) in [5, 5.41) is 0. The molecule has 3 saturated carbocycles. The molecule has 0 heterocycles. The van der Waals surface area contributed by atoms with Crippen LogP contribution in [0, 0.1) is 35.5 Å². The fourth-order valence-electron chi connectivity index (χ4n) is 5.32. The summed E-state index contributed by atoms with van der Waals surface area (Å²) in [6.45, 7) is 9.78. The largest absolute Gasteiger partial charge is 0.462 e. The Kier molecular flexibility index (Phi) is 4.60. The molecular weight excluding hydrogens is 292 g/mol. The van der Waals surface area contributed by atoms with Crippen LogP contribution in [-0.4, -0.2) is 25.2 Å².